The summed E-state index contributed by atoms with van der Waals surface area (Å²) in [6.45, 7) is 4.87. The molecular formula is C19H20ClN3O2. The van der Waals surface area contributed by atoms with E-state index in [4.69, 9.17) is 11.6 Å². The number of amides is 2. The SMILES string of the molecule is Cc1cc(C)nc(C(=O)NC2CCN(C(=O)c3ccccc3Cl)C2)c1. The summed E-state index contributed by atoms with van der Waals surface area (Å²) in [4.78, 5) is 31.0. The molecule has 3 rings (SSSR count). The van der Waals surface area contributed by atoms with Crippen molar-refractivity contribution in [1.82, 2.24) is 15.2 Å². The van der Waals surface area contributed by atoms with Crippen molar-refractivity contribution in [2.24, 2.45) is 0 Å². The van der Waals surface area contributed by atoms with E-state index in [0.29, 0.717) is 35.8 Å². The van der Waals surface area contributed by atoms with Crippen molar-refractivity contribution in [3.63, 3.8) is 0 Å². The quantitative estimate of drug-likeness (QED) is 0.918. The van der Waals surface area contributed by atoms with Gasteiger partial charge in [-0.3, -0.25) is 9.59 Å². The number of aryl methyl sites for hydroxylation is 2. The van der Waals surface area contributed by atoms with Crippen LogP contribution < -0.4 is 5.32 Å². The minimum absolute atomic E-state index is 0.0819. The number of hydrogen-bond donors (Lipinski definition) is 1. The summed E-state index contributed by atoms with van der Waals surface area (Å²) in [7, 11) is 0. The molecule has 1 unspecified atom stereocenters. The number of hydrogen-bond acceptors (Lipinski definition) is 3. The molecule has 1 aromatic heterocycles. The Morgan fingerprint density at radius 2 is 2.00 bits per heavy atom. The van der Waals surface area contributed by atoms with E-state index in [1.165, 1.54) is 0 Å². The summed E-state index contributed by atoms with van der Waals surface area (Å²) in [5.74, 6) is -0.310. The smallest absolute Gasteiger partial charge is 0.270 e. The number of carbonyl (C=O) groups is 2. The van der Waals surface area contributed by atoms with Gasteiger partial charge >= 0.3 is 0 Å². The Balaban J connectivity index is 1.64. The van der Waals surface area contributed by atoms with Crippen molar-refractivity contribution in [3.05, 3.63) is 63.9 Å². The minimum Gasteiger partial charge on any atom is -0.346 e. The van der Waals surface area contributed by atoms with E-state index in [2.05, 4.69) is 10.3 Å². The third-order valence-corrected chi connectivity index (χ3v) is 4.57. The summed E-state index contributed by atoms with van der Waals surface area (Å²) in [5, 5.41) is 3.42. The number of carbonyl (C=O) groups excluding carboxylic acids is 2. The summed E-state index contributed by atoms with van der Waals surface area (Å²) in [6, 6.07) is 10.6. The van der Waals surface area contributed by atoms with Crippen LogP contribution in [0.2, 0.25) is 5.02 Å². The Morgan fingerprint density at radius 1 is 1.24 bits per heavy atom. The molecule has 1 atom stereocenters. The van der Waals surface area contributed by atoms with Crippen LogP contribution in [0.5, 0.6) is 0 Å². The molecule has 0 aliphatic carbocycles. The second-order valence-corrected chi connectivity index (χ2v) is 6.77. The largest absolute Gasteiger partial charge is 0.346 e. The first-order valence-corrected chi connectivity index (χ1v) is 8.62. The average molecular weight is 358 g/mol. The standard InChI is InChI=1S/C19H20ClN3O2/c1-12-9-13(2)21-17(10-12)18(24)22-14-7-8-23(11-14)19(25)15-5-3-4-6-16(15)20/h3-6,9-10,14H,7-8,11H2,1-2H3,(H,22,24). The summed E-state index contributed by atoms with van der Waals surface area (Å²) >= 11 is 6.10. The van der Waals surface area contributed by atoms with Gasteiger partial charge in [-0.2, -0.15) is 0 Å². The number of nitrogens with one attached hydrogen (secondary N) is 1. The van der Waals surface area contributed by atoms with E-state index < -0.39 is 0 Å². The second kappa shape index (κ2) is 7.23. The van der Waals surface area contributed by atoms with Gasteiger partial charge in [0.1, 0.15) is 5.69 Å². The number of rotatable bonds is 3. The predicted octanol–water partition coefficient (Wildman–Crippen LogP) is 3.00. The highest BCUT2D eigenvalue weighted by molar-refractivity contribution is 6.33. The molecule has 25 heavy (non-hydrogen) atoms. The Bertz CT molecular complexity index is 802. The van der Waals surface area contributed by atoms with Crippen LogP contribution in [0.15, 0.2) is 36.4 Å². The van der Waals surface area contributed by atoms with Crippen LogP contribution >= 0.6 is 11.6 Å². The van der Waals surface area contributed by atoms with Crippen LogP contribution in [0.4, 0.5) is 0 Å². The molecule has 1 aliphatic rings. The molecule has 6 heteroatoms. The summed E-state index contributed by atoms with van der Waals surface area (Å²) in [6.07, 6.45) is 0.715. The Labute approximate surface area is 152 Å². The molecule has 2 aromatic rings. The van der Waals surface area contributed by atoms with E-state index in [1.807, 2.05) is 19.9 Å². The van der Waals surface area contributed by atoms with Crippen molar-refractivity contribution in [2.45, 2.75) is 26.3 Å². The molecule has 1 aliphatic heterocycles. The predicted molar refractivity (Wildman–Crippen MR) is 96.9 cm³/mol. The lowest BCUT2D eigenvalue weighted by Gasteiger charge is -2.18. The zero-order valence-corrected chi connectivity index (χ0v) is 15.0. The molecule has 0 bridgehead atoms. The number of halogens is 1. The lowest BCUT2D eigenvalue weighted by Crippen LogP contribution is -2.38. The monoisotopic (exact) mass is 357 g/mol. The van der Waals surface area contributed by atoms with Crippen molar-refractivity contribution in [2.75, 3.05) is 13.1 Å². The fraction of sp³-hybridized carbons (Fsp3) is 0.316. The lowest BCUT2D eigenvalue weighted by atomic mass is 10.2. The molecule has 1 fully saturated rings. The minimum atomic E-state index is -0.205. The van der Waals surface area contributed by atoms with Crippen molar-refractivity contribution < 1.29 is 9.59 Å². The zero-order chi connectivity index (χ0) is 18.0. The van der Waals surface area contributed by atoms with E-state index >= 15 is 0 Å². The molecule has 1 saturated heterocycles. The van der Waals surface area contributed by atoms with Gasteiger partial charge in [0.2, 0.25) is 0 Å². The van der Waals surface area contributed by atoms with Gasteiger partial charge in [0.15, 0.2) is 0 Å². The lowest BCUT2D eigenvalue weighted by molar-refractivity contribution is 0.0783. The van der Waals surface area contributed by atoms with E-state index in [0.717, 1.165) is 11.3 Å². The molecule has 5 nitrogen and oxygen atoms in total. The van der Waals surface area contributed by atoms with Gasteiger partial charge in [0.05, 0.1) is 10.6 Å². The van der Waals surface area contributed by atoms with Gasteiger partial charge in [-0.1, -0.05) is 23.7 Å². The molecule has 0 spiro atoms. The number of likely N-dealkylation sites (tertiary alicyclic amines) is 1. The van der Waals surface area contributed by atoms with Crippen LogP contribution in [0.1, 0.15) is 38.5 Å². The third kappa shape index (κ3) is 3.99. The van der Waals surface area contributed by atoms with Crippen LogP contribution in [0, 0.1) is 13.8 Å². The molecule has 2 heterocycles. The molecule has 0 radical (unpaired) electrons. The van der Waals surface area contributed by atoms with Gasteiger partial charge in [0, 0.05) is 24.8 Å². The van der Waals surface area contributed by atoms with Crippen LogP contribution in [-0.2, 0) is 0 Å². The summed E-state index contributed by atoms with van der Waals surface area (Å²) < 4.78 is 0. The summed E-state index contributed by atoms with van der Waals surface area (Å²) in [5.41, 5.74) is 2.71. The molecule has 130 valence electrons. The number of nitrogens with zero attached hydrogens (tertiary/aromatic N) is 2. The van der Waals surface area contributed by atoms with Gasteiger partial charge in [-0.25, -0.2) is 4.98 Å². The molecule has 1 aromatic carbocycles. The first-order chi connectivity index (χ1) is 11.9. The first kappa shape index (κ1) is 17.4. The van der Waals surface area contributed by atoms with E-state index in [9.17, 15) is 9.59 Å². The Kier molecular flexibility index (Phi) is 5.04. The van der Waals surface area contributed by atoms with E-state index in [-0.39, 0.29) is 17.9 Å². The van der Waals surface area contributed by atoms with Crippen molar-refractivity contribution in [3.8, 4) is 0 Å². The normalized spacial score (nSPS) is 16.8. The van der Waals surface area contributed by atoms with Crippen LogP contribution in [0.3, 0.4) is 0 Å². The Morgan fingerprint density at radius 3 is 2.72 bits per heavy atom. The van der Waals surface area contributed by atoms with E-state index in [1.54, 1.807) is 35.2 Å². The van der Waals surface area contributed by atoms with Gasteiger partial charge < -0.3 is 10.2 Å². The highest BCUT2D eigenvalue weighted by Crippen LogP contribution is 2.20. The maximum absolute atomic E-state index is 12.6. The Hall–Kier alpha value is -2.40. The first-order valence-electron chi connectivity index (χ1n) is 8.24. The molecule has 1 N–H and O–H groups in total. The van der Waals surface area contributed by atoms with Crippen molar-refractivity contribution in [1.29, 1.82) is 0 Å². The maximum atomic E-state index is 12.6. The number of pyridine rings is 1. The second-order valence-electron chi connectivity index (χ2n) is 6.36. The fourth-order valence-corrected chi connectivity index (χ4v) is 3.30. The van der Waals surface area contributed by atoms with Gasteiger partial charge in [0.25, 0.3) is 11.8 Å². The highest BCUT2D eigenvalue weighted by atomic mass is 35.5. The molecule has 2 amide bonds. The number of aromatic nitrogens is 1. The zero-order valence-electron chi connectivity index (χ0n) is 14.3. The van der Waals surface area contributed by atoms with Crippen LogP contribution in [-0.4, -0.2) is 40.8 Å². The topological polar surface area (TPSA) is 62.3 Å². The molecular weight excluding hydrogens is 338 g/mol. The number of benzene rings is 1. The molecule has 0 saturated carbocycles. The highest BCUT2D eigenvalue weighted by Gasteiger charge is 2.29. The fourth-order valence-electron chi connectivity index (χ4n) is 3.08. The third-order valence-electron chi connectivity index (χ3n) is 4.25. The van der Waals surface area contributed by atoms with Crippen LogP contribution in [0.25, 0.3) is 0 Å². The van der Waals surface area contributed by atoms with Gasteiger partial charge in [-0.15, -0.1) is 0 Å². The maximum Gasteiger partial charge on any atom is 0.270 e. The van der Waals surface area contributed by atoms with Crippen molar-refractivity contribution >= 4 is 23.4 Å². The average Bonchev–Trinajstić information content (AvgIpc) is 3.02. The van der Waals surface area contributed by atoms with Gasteiger partial charge in [-0.05, 0) is 50.1 Å².